The largest absolute Gasteiger partial charge is 0.451 e. The van der Waals surface area contributed by atoms with Crippen LogP contribution in [-0.2, 0) is 19.1 Å². The van der Waals surface area contributed by atoms with Crippen molar-refractivity contribution < 1.29 is 19.1 Å². The summed E-state index contributed by atoms with van der Waals surface area (Å²) >= 11 is 0. The second-order valence-electron chi connectivity index (χ2n) is 10.5. The molecule has 0 amide bonds. The molecule has 4 rings (SSSR count). The molecule has 4 aliphatic rings. The molecule has 0 aromatic carbocycles. The number of ether oxygens (including phenoxy) is 1. The van der Waals surface area contributed by atoms with Gasteiger partial charge in [0.1, 0.15) is 0 Å². The van der Waals surface area contributed by atoms with Crippen LogP contribution >= 0.6 is 0 Å². The monoisotopic (exact) mass is 386 g/mol. The molecule has 28 heavy (non-hydrogen) atoms. The van der Waals surface area contributed by atoms with Crippen LogP contribution in [0.25, 0.3) is 0 Å². The molecule has 0 N–H and O–H groups in total. The van der Waals surface area contributed by atoms with Gasteiger partial charge in [-0.2, -0.15) is 0 Å². The molecule has 154 valence electrons. The molecule has 0 heterocycles. The Morgan fingerprint density at radius 3 is 2.39 bits per heavy atom. The smallest absolute Gasteiger partial charge is 0.303 e. The van der Waals surface area contributed by atoms with Crippen molar-refractivity contribution in [3.63, 3.8) is 0 Å². The Kier molecular flexibility index (Phi) is 4.45. The van der Waals surface area contributed by atoms with Gasteiger partial charge in [-0.1, -0.05) is 26.3 Å². The summed E-state index contributed by atoms with van der Waals surface area (Å²) in [4.78, 5) is 36.8. The highest BCUT2D eigenvalue weighted by Gasteiger charge is 2.68. The van der Waals surface area contributed by atoms with Gasteiger partial charge < -0.3 is 4.74 Å². The Labute approximate surface area is 168 Å². The SMILES string of the molecule is CC(=O)O[C@@]1(C(C)=O)CC[C@@H]2[C@H]3C[C@@H](C)C4=CC(=O)CC[C@@]4(C)[C@@H]3CC[C@]21C. The van der Waals surface area contributed by atoms with Crippen LogP contribution in [0.5, 0.6) is 0 Å². The number of hydrogen-bond acceptors (Lipinski definition) is 4. The normalized spacial score (nSPS) is 47.5. The van der Waals surface area contributed by atoms with E-state index in [9.17, 15) is 14.4 Å². The van der Waals surface area contributed by atoms with Crippen molar-refractivity contribution >= 4 is 17.5 Å². The summed E-state index contributed by atoms with van der Waals surface area (Å²) in [5.41, 5.74) is 0.218. The molecule has 0 radical (unpaired) electrons. The molecule has 0 aliphatic heterocycles. The topological polar surface area (TPSA) is 60.4 Å². The van der Waals surface area contributed by atoms with E-state index in [2.05, 4.69) is 20.8 Å². The fraction of sp³-hybridized carbons (Fsp3) is 0.792. The minimum Gasteiger partial charge on any atom is -0.451 e. The second-order valence-corrected chi connectivity index (χ2v) is 10.5. The maximum atomic E-state index is 12.8. The van der Waals surface area contributed by atoms with Gasteiger partial charge in [0.15, 0.2) is 17.2 Å². The molecule has 0 spiro atoms. The van der Waals surface area contributed by atoms with E-state index >= 15 is 0 Å². The number of Topliss-reactive ketones (excluding diaryl/α,β-unsaturated/α-hetero) is 1. The van der Waals surface area contributed by atoms with E-state index < -0.39 is 5.60 Å². The lowest BCUT2D eigenvalue weighted by Crippen LogP contribution is -2.59. The third kappa shape index (κ3) is 2.45. The highest BCUT2D eigenvalue weighted by atomic mass is 16.6. The average molecular weight is 387 g/mol. The summed E-state index contributed by atoms with van der Waals surface area (Å²) in [6.45, 7) is 9.87. The van der Waals surface area contributed by atoms with Crippen molar-refractivity contribution in [1.29, 1.82) is 0 Å². The molecule has 0 unspecified atom stereocenters. The van der Waals surface area contributed by atoms with Crippen LogP contribution in [0.2, 0.25) is 0 Å². The number of carbonyl (C=O) groups is 3. The predicted molar refractivity (Wildman–Crippen MR) is 106 cm³/mol. The molecular formula is C24H34O4. The maximum Gasteiger partial charge on any atom is 0.303 e. The van der Waals surface area contributed by atoms with Crippen molar-refractivity contribution in [3.05, 3.63) is 11.6 Å². The highest BCUT2D eigenvalue weighted by Crippen LogP contribution is 2.69. The predicted octanol–water partition coefficient (Wildman–Crippen LogP) is 4.66. The van der Waals surface area contributed by atoms with Crippen molar-refractivity contribution in [2.24, 2.45) is 34.5 Å². The molecule has 0 aromatic rings. The summed E-state index contributed by atoms with van der Waals surface area (Å²) in [6.07, 6.45) is 8.19. The Morgan fingerprint density at radius 1 is 1.07 bits per heavy atom. The number of esters is 1. The van der Waals surface area contributed by atoms with Crippen LogP contribution in [-0.4, -0.2) is 23.1 Å². The van der Waals surface area contributed by atoms with Crippen LogP contribution in [0.4, 0.5) is 0 Å². The van der Waals surface area contributed by atoms with Gasteiger partial charge in [-0.3, -0.25) is 14.4 Å². The quantitative estimate of drug-likeness (QED) is 0.648. The number of fused-ring (bicyclic) bond motifs is 5. The molecule has 3 saturated carbocycles. The standard InChI is InChI=1S/C24H34O4/c1-14-12-18-19(22(4)9-6-17(27)13-21(14)22)7-10-23(5)20(18)8-11-24(23,15(2)25)28-16(3)26/h13-14,18-20H,6-12H2,1-5H3/t14-,18+,19-,20-,22+,23-,24-/m1/s1. The Balaban J connectivity index is 1.73. The van der Waals surface area contributed by atoms with Gasteiger partial charge in [-0.05, 0) is 80.6 Å². The number of rotatable bonds is 2. The second kappa shape index (κ2) is 6.27. The number of hydrogen-bond donors (Lipinski definition) is 0. The zero-order chi connectivity index (χ0) is 20.5. The fourth-order valence-corrected chi connectivity index (χ4v) is 8.05. The zero-order valence-corrected chi connectivity index (χ0v) is 18.0. The molecule has 7 atom stereocenters. The van der Waals surface area contributed by atoms with E-state index in [4.69, 9.17) is 4.74 Å². The highest BCUT2D eigenvalue weighted by molar-refractivity contribution is 5.92. The average Bonchev–Trinajstić information content (AvgIpc) is 2.90. The van der Waals surface area contributed by atoms with E-state index in [0.717, 1.165) is 32.1 Å². The maximum absolute atomic E-state index is 12.8. The third-order valence-electron chi connectivity index (χ3n) is 9.29. The lowest BCUT2D eigenvalue weighted by molar-refractivity contribution is -0.187. The van der Waals surface area contributed by atoms with Crippen LogP contribution in [0, 0.1) is 34.5 Å². The summed E-state index contributed by atoms with van der Waals surface area (Å²) < 4.78 is 5.84. The molecule has 4 aliphatic carbocycles. The van der Waals surface area contributed by atoms with Crippen LogP contribution in [0.1, 0.15) is 79.6 Å². The molecule has 4 heteroatoms. The first-order chi connectivity index (χ1) is 13.0. The third-order valence-corrected chi connectivity index (χ3v) is 9.29. The van der Waals surface area contributed by atoms with Gasteiger partial charge >= 0.3 is 5.97 Å². The van der Waals surface area contributed by atoms with Crippen molar-refractivity contribution in [2.45, 2.75) is 85.2 Å². The van der Waals surface area contributed by atoms with Gasteiger partial charge in [-0.25, -0.2) is 0 Å². The molecule has 0 bridgehead atoms. The van der Waals surface area contributed by atoms with Crippen LogP contribution < -0.4 is 0 Å². The van der Waals surface area contributed by atoms with Crippen molar-refractivity contribution in [1.82, 2.24) is 0 Å². The van der Waals surface area contributed by atoms with E-state index in [1.807, 2.05) is 6.08 Å². The fourth-order valence-electron chi connectivity index (χ4n) is 8.05. The lowest BCUT2D eigenvalue weighted by Gasteiger charge is -2.60. The summed E-state index contributed by atoms with van der Waals surface area (Å²) in [5.74, 6) is 1.82. The van der Waals surface area contributed by atoms with Crippen molar-refractivity contribution in [3.8, 4) is 0 Å². The van der Waals surface area contributed by atoms with E-state index in [-0.39, 0.29) is 28.4 Å². The summed E-state index contributed by atoms with van der Waals surface area (Å²) in [7, 11) is 0. The van der Waals surface area contributed by atoms with Gasteiger partial charge in [0.25, 0.3) is 0 Å². The van der Waals surface area contributed by atoms with Gasteiger partial charge in [0.05, 0.1) is 0 Å². The summed E-state index contributed by atoms with van der Waals surface area (Å²) in [5, 5.41) is 0. The molecular weight excluding hydrogens is 352 g/mol. The lowest BCUT2D eigenvalue weighted by atomic mass is 9.44. The first-order valence-corrected chi connectivity index (χ1v) is 11.0. The van der Waals surface area contributed by atoms with Crippen molar-refractivity contribution in [2.75, 3.05) is 0 Å². The van der Waals surface area contributed by atoms with Crippen LogP contribution in [0.3, 0.4) is 0 Å². The number of allylic oxidation sites excluding steroid dienone is 1. The number of ketones is 2. The molecule has 0 saturated heterocycles. The molecule has 3 fully saturated rings. The zero-order valence-electron chi connectivity index (χ0n) is 18.0. The molecule has 4 nitrogen and oxygen atoms in total. The van der Waals surface area contributed by atoms with Gasteiger partial charge in [-0.15, -0.1) is 0 Å². The van der Waals surface area contributed by atoms with E-state index in [0.29, 0.717) is 36.5 Å². The first kappa shape index (κ1) is 19.8. The first-order valence-electron chi connectivity index (χ1n) is 11.0. The van der Waals surface area contributed by atoms with E-state index in [1.54, 1.807) is 6.92 Å². The Hall–Kier alpha value is -1.45. The Bertz CT molecular complexity index is 767. The van der Waals surface area contributed by atoms with Gasteiger partial charge in [0.2, 0.25) is 0 Å². The molecule has 0 aromatic heterocycles. The summed E-state index contributed by atoms with van der Waals surface area (Å²) in [6, 6.07) is 0. The van der Waals surface area contributed by atoms with Crippen LogP contribution in [0.15, 0.2) is 11.6 Å². The number of carbonyl (C=O) groups excluding carboxylic acids is 3. The minimum atomic E-state index is -0.961. The van der Waals surface area contributed by atoms with E-state index in [1.165, 1.54) is 12.5 Å². The van der Waals surface area contributed by atoms with Gasteiger partial charge in [0, 0.05) is 18.8 Å². The Morgan fingerprint density at radius 2 is 1.75 bits per heavy atom. The minimum absolute atomic E-state index is 0.00469.